The van der Waals surface area contributed by atoms with Crippen LogP contribution in [0.15, 0.2) is 24.3 Å². The highest BCUT2D eigenvalue weighted by Gasteiger charge is 2.12. The van der Waals surface area contributed by atoms with Crippen LogP contribution >= 0.6 is 0 Å². The van der Waals surface area contributed by atoms with Crippen molar-refractivity contribution in [3.63, 3.8) is 0 Å². The first-order valence-electron chi connectivity index (χ1n) is 6.30. The van der Waals surface area contributed by atoms with Gasteiger partial charge in [-0.3, -0.25) is 0 Å². The molecule has 0 atom stereocenters. The molecule has 3 nitrogen and oxygen atoms in total. The highest BCUT2D eigenvalue weighted by molar-refractivity contribution is 5.41. The minimum atomic E-state index is -0.0163. The summed E-state index contributed by atoms with van der Waals surface area (Å²) in [6.45, 7) is 8.46. The van der Waals surface area contributed by atoms with E-state index in [1.807, 2.05) is 10.7 Å². The molecule has 96 valence electrons. The van der Waals surface area contributed by atoms with Crippen molar-refractivity contribution in [2.75, 3.05) is 0 Å². The average Bonchev–Trinajstić information content (AvgIpc) is 2.77. The summed E-state index contributed by atoms with van der Waals surface area (Å²) < 4.78 is 1.93. The smallest absolute Gasteiger partial charge is 0.0886 e. The Labute approximate surface area is 108 Å². The maximum atomic E-state index is 9.23. The standard InChI is InChI=1S/C15H20N2O/c1-10(2)15-8-13(9-18)16-17(15)14-6-5-11(3)12(4)7-14/h5-8,10,18H,9H2,1-4H3. The maximum Gasteiger partial charge on any atom is 0.0886 e. The molecule has 0 amide bonds. The number of nitrogens with zero attached hydrogens (tertiary/aromatic N) is 2. The zero-order chi connectivity index (χ0) is 13.3. The Balaban J connectivity index is 2.54. The molecule has 1 aromatic carbocycles. The number of hydrogen-bond donors (Lipinski definition) is 1. The Morgan fingerprint density at radius 1 is 1.17 bits per heavy atom. The lowest BCUT2D eigenvalue weighted by Gasteiger charge is -2.11. The van der Waals surface area contributed by atoms with Crippen molar-refractivity contribution in [2.45, 2.75) is 40.2 Å². The molecule has 1 aromatic heterocycles. The van der Waals surface area contributed by atoms with Gasteiger partial charge in [0.2, 0.25) is 0 Å². The predicted molar refractivity (Wildman–Crippen MR) is 73.0 cm³/mol. The van der Waals surface area contributed by atoms with Crippen LogP contribution in [-0.4, -0.2) is 14.9 Å². The predicted octanol–water partition coefficient (Wildman–Crippen LogP) is 3.10. The van der Waals surface area contributed by atoms with Gasteiger partial charge in [0.15, 0.2) is 0 Å². The van der Waals surface area contributed by atoms with Gasteiger partial charge in [0.05, 0.1) is 18.0 Å². The summed E-state index contributed by atoms with van der Waals surface area (Å²) in [6, 6.07) is 8.28. The van der Waals surface area contributed by atoms with E-state index in [1.165, 1.54) is 11.1 Å². The quantitative estimate of drug-likeness (QED) is 0.901. The van der Waals surface area contributed by atoms with E-state index in [-0.39, 0.29) is 6.61 Å². The van der Waals surface area contributed by atoms with Crippen LogP contribution in [-0.2, 0) is 6.61 Å². The summed E-state index contributed by atoms with van der Waals surface area (Å²) in [5, 5.41) is 13.7. The maximum absolute atomic E-state index is 9.23. The van der Waals surface area contributed by atoms with Crippen LogP contribution in [0.4, 0.5) is 0 Å². The van der Waals surface area contributed by atoms with Crippen molar-refractivity contribution in [2.24, 2.45) is 0 Å². The zero-order valence-electron chi connectivity index (χ0n) is 11.4. The molecule has 2 rings (SSSR count). The minimum absolute atomic E-state index is 0.0163. The summed E-state index contributed by atoms with van der Waals surface area (Å²) in [7, 11) is 0. The van der Waals surface area contributed by atoms with Crippen LogP contribution in [0, 0.1) is 13.8 Å². The fourth-order valence-electron chi connectivity index (χ4n) is 2.00. The van der Waals surface area contributed by atoms with E-state index < -0.39 is 0 Å². The molecule has 0 aliphatic rings. The number of aliphatic hydroxyl groups excluding tert-OH is 1. The number of hydrogen-bond acceptors (Lipinski definition) is 2. The number of aryl methyl sites for hydroxylation is 2. The minimum Gasteiger partial charge on any atom is -0.390 e. The number of rotatable bonds is 3. The first kappa shape index (κ1) is 12.8. The number of aromatic nitrogens is 2. The Bertz CT molecular complexity index is 556. The molecule has 0 unspecified atom stereocenters. The Morgan fingerprint density at radius 2 is 1.89 bits per heavy atom. The van der Waals surface area contributed by atoms with Gasteiger partial charge in [-0.1, -0.05) is 19.9 Å². The van der Waals surface area contributed by atoms with Crippen molar-refractivity contribution in [1.29, 1.82) is 0 Å². The molecule has 0 aliphatic carbocycles. The Kier molecular flexibility index (Phi) is 3.53. The third-order valence-electron chi connectivity index (χ3n) is 3.28. The highest BCUT2D eigenvalue weighted by atomic mass is 16.3. The monoisotopic (exact) mass is 244 g/mol. The topological polar surface area (TPSA) is 38.0 Å². The fourth-order valence-corrected chi connectivity index (χ4v) is 2.00. The van der Waals surface area contributed by atoms with Gasteiger partial charge < -0.3 is 5.11 Å². The van der Waals surface area contributed by atoms with E-state index in [4.69, 9.17) is 0 Å². The Morgan fingerprint density at radius 3 is 2.44 bits per heavy atom. The van der Waals surface area contributed by atoms with Crippen molar-refractivity contribution in [3.05, 3.63) is 46.8 Å². The molecule has 3 heteroatoms. The molecule has 0 bridgehead atoms. The van der Waals surface area contributed by atoms with Crippen LogP contribution < -0.4 is 0 Å². The summed E-state index contributed by atoms with van der Waals surface area (Å²) in [5.74, 6) is 0.374. The van der Waals surface area contributed by atoms with Crippen LogP contribution in [0.25, 0.3) is 5.69 Å². The summed E-state index contributed by atoms with van der Waals surface area (Å²) in [5.41, 5.74) is 5.43. The number of benzene rings is 1. The second-order valence-electron chi connectivity index (χ2n) is 5.05. The Hall–Kier alpha value is -1.61. The van der Waals surface area contributed by atoms with Gasteiger partial charge in [0.25, 0.3) is 0 Å². The summed E-state index contributed by atoms with van der Waals surface area (Å²) in [6.07, 6.45) is 0. The molecular formula is C15H20N2O. The molecule has 0 saturated heterocycles. The lowest BCUT2D eigenvalue weighted by molar-refractivity contribution is 0.276. The van der Waals surface area contributed by atoms with E-state index in [9.17, 15) is 5.11 Å². The lowest BCUT2D eigenvalue weighted by Crippen LogP contribution is -2.04. The molecule has 0 aliphatic heterocycles. The summed E-state index contributed by atoms with van der Waals surface area (Å²) >= 11 is 0. The average molecular weight is 244 g/mol. The van der Waals surface area contributed by atoms with Gasteiger partial charge in [-0.05, 0) is 49.1 Å². The van der Waals surface area contributed by atoms with Gasteiger partial charge >= 0.3 is 0 Å². The molecule has 18 heavy (non-hydrogen) atoms. The number of aliphatic hydroxyl groups is 1. The van der Waals surface area contributed by atoms with Gasteiger partial charge in [-0.15, -0.1) is 0 Å². The molecular weight excluding hydrogens is 224 g/mol. The van der Waals surface area contributed by atoms with Crippen molar-refractivity contribution in [3.8, 4) is 5.69 Å². The van der Waals surface area contributed by atoms with E-state index in [0.29, 0.717) is 5.92 Å². The van der Waals surface area contributed by atoms with Crippen molar-refractivity contribution in [1.82, 2.24) is 9.78 Å². The molecule has 1 N–H and O–H groups in total. The molecule has 0 radical (unpaired) electrons. The second kappa shape index (κ2) is 4.94. The van der Waals surface area contributed by atoms with Crippen LogP contribution in [0.1, 0.15) is 42.3 Å². The van der Waals surface area contributed by atoms with Gasteiger partial charge in [-0.25, -0.2) is 4.68 Å². The van der Waals surface area contributed by atoms with E-state index in [0.717, 1.165) is 17.1 Å². The van der Waals surface area contributed by atoms with Crippen LogP contribution in [0.5, 0.6) is 0 Å². The molecule has 1 heterocycles. The van der Waals surface area contributed by atoms with E-state index >= 15 is 0 Å². The largest absolute Gasteiger partial charge is 0.390 e. The highest BCUT2D eigenvalue weighted by Crippen LogP contribution is 2.22. The van der Waals surface area contributed by atoms with Crippen LogP contribution in [0.3, 0.4) is 0 Å². The van der Waals surface area contributed by atoms with Crippen molar-refractivity contribution < 1.29 is 5.11 Å². The SMILES string of the molecule is Cc1ccc(-n2nc(CO)cc2C(C)C)cc1C. The summed E-state index contributed by atoms with van der Waals surface area (Å²) in [4.78, 5) is 0. The first-order valence-corrected chi connectivity index (χ1v) is 6.30. The fraction of sp³-hybridized carbons (Fsp3) is 0.400. The molecule has 0 spiro atoms. The lowest BCUT2D eigenvalue weighted by atomic mass is 10.1. The molecule has 0 fully saturated rings. The second-order valence-corrected chi connectivity index (χ2v) is 5.05. The van der Waals surface area contributed by atoms with Crippen LogP contribution in [0.2, 0.25) is 0 Å². The van der Waals surface area contributed by atoms with E-state index in [2.05, 4.69) is 51.0 Å². The molecule has 2 aromatic rings. The first-order chi connectivity index (χ1) is 8.52. The van der Waals surface area contributed by atoms with Gasteiger partial charge in [0, 0.05) is 5.69 Å². The third kappa shape index (κ3) is 2.31. The van der Waals surface area contributed by atoms with E-state index in [1.54, 1.807) is 0 Å². The normalized spacial score (nSPS) is 11.2. The van der Waals surface area contributed by atoms with Gasteiger partial charge in [-0.2, -0.15) is 5.10 Å². The van der Waals surface area contributed by atoms with Gasteiger partial charge in [0.1, 0.15) is 0 Å². The third-order valence-corrected chi connectivity index (χ3v) is 3.28. The molecule has 0 saturated carbocycles. The van der Waals surface area contributed by atoms with Crippen molar-refractivity contribution >= 4 is 0 Å². The zero-order valence-corrected chi connectivity index (χ0v) is 11.4.